The highest BCUT2D eigenvalue weighted by molar-refractivity contribution is 7.89. The van der Waals surface area contributed by atoms with Gasteiger partial charge in [0, 0.05) is 16.9 Å². The summed E-state index contributed by atoms with van der Waals surface area (Å²) in [5.41, 5.74) is 0.825. The number of sulfonamides is 1. The molecule has 6 heteroatoms. The molecule has 0 bridgehead atoms. The standard InChI is InChI=1S/C10H13Cl2NO2S/c1-8(13-16(14,15)6-5-11)9-3-2-4-10(12)7-9/h2-4,7-8,13H,5-6H2,1H3. The minimum atomic E-state index is -3.32. The van der Waals surface area contributed by atoms with Gasteiger partial charge in [0.05, 0.1) is 5.75 Å². The van der Waals surface area contributed by atoms with Crippen LogP contribution in [0.15, 0.2) is 24.3 Å². The molecule has 0 aliphatic rings. The number of nitrogens with one attached hydrogen (secondary N) is 1. The molecule has 0 amide bonds. The van der Waals surface area contributed by atoms with E-state index in [4.69, 9.17) is 23.2 Å². The molecule has 1 rings (SSSR count). The van der Waals surface area contributed by atoms with Crippen LogP contribution in [-0.2, 0) is 10.0 Å². The SMILES string of the molecule is CC(NS(=O)(=O)CCCl)c1cccc(Cl)c1. The minimum absolute atomic E-state index is 0.0810. The fraction of sp³-hybridized carbons (Fsp3) is 0.400. The Hall–Kier alpha value is -0.290. The van der Waals surface area contributed by atoms with Crippen molar-refractivity contribution in [2.45, 2.75) is 13.0 Å². The van der Waals surface area contributed by atoms with Crippen LogP contribution in [0.4, 0.5) is 0 Å². The Morgan fingerprint density at radius 1 is 1.44 bits per heavy atom. The number of rotatable bonds is 5. The Morgan fingerprint density at radius 3 is 2.69 bits per heavy atom. The van der Waals surface area contributed by atoms with E-state index in [2.05, 4.69) is 4.72 Å². The van der Waals surface area contributed by atoms with Crippen LogP contribution < -0.4 is 4.72 Å². The maximum Gasteiger partial charge on any atom is 0.213 e. The molecule has 90 valence electrons. The Kier molecular flexibility index (Phi) is 5.05. The van der Waals surface area contributed by atoms with Crippen molar-refractivity contribution in [1.82, 2.24) is 4.72 Å². The lowest BCUT2D eigenvalue weighted by Gasteiger charge is -2.14. The monoisotopic (exact) mass is 281 g/mol. The van der Waals surface area contributed by atoms with Gasteiger partial charge in [0.15, 0.2) is 0 Å². The average Bonchev–Trinajstić information content (AvgIpc) is 2.16. The number of hydrogen-bond donors (Lipinski definition) is 1. The predicted octanol–water partition coefficient (Wildman–Crippen LogP) is 2.56. The van der Waals surface area contributed by atoms with Crippen molar-refractivity contribution in [2.75, 3.05) is 11.6 Å². The molecule has 16 heavy (non-hydrogen) atoms. The zero-order valence-corrected chi connectivity index (χ0v) is 11.1. The molecule has 1 N–H and O–H groups in total. The molecule has 0 radical (unpaired) electrons. The second-order valence-corrected chi connectivity index (χ2v) is 6.09. The molecule has 0 saturated carbocycles. The maximum absolute atomic E-state index is 11.5. The lowest BCUT2D eigenvalue weighted by atomic mass is 10.1. The highest BCUT2D eigenvalue weighted by atomic mass is 35.5. The largest absolute Gasteiger partial charge is 0.213 e. The molecule has 1 atom stereocenters. The second-order valence-electron chi connectivity index (χ2n) is 3.40. The number of halogens is 2. The molecule has 0 aliphatic carbocycles. The Bertz CT molecular complexity index is 448. The van der Waals surface area contributed by atoms with Crippen molar-refractivity contribution in [2.24, 2.45) is 0 Å². The minimum Gasteiger partial charge on any atom is -0.212 e. The van der Waals surface area contributed by atoms with Crippen LogP contribution in [0.5, 0.6) is 0 Å². The van der Waals surface area contributed by atoms with Crippen LogP contribution in [0.25, 0.3) is 0 Å². The van der Waals surface area contributed by atoms with Crippen LogP contribution in [0, 0.1) is 0 Å². The van der Waals surface area contributed by atoms with E-state index in [1.165, 1.54) is 0 Å². The third-order valence-electron chi connectivity index (χ3n) is 2.05. The summed E-state index contributed by atoms with van der Waals surface area (Å²) < 4.78 is 25.5. The lowest BCUT2D eigenvalue weighted by Crippen LogP contribution is -2.29. The van der Waals surface area contributed by atoms with E-state index in [0.717, 1.165) is 5.56 Å². The zero-order chi connectivity index (χ0) is 12.2. The highest BCUT2D eigenvalue weighted by Crippen LogP contribution is 2.17. The van der Waals surface area contributed by atoms with E-state index in [1.807, 2.05) is 6.07 Å². The van der Waals surface area contributed by atoms with Crippen molar-refractivity contribution < 1.29 is 8.42 Å². The molecule has 3 nitrogen and oxygen atoms in total. The topological polar surface area (TPSA) is 46.2 Å². The van der Waals surface area contributed by atoms with E-state index >= 15 is 0 Å². The Balaban J connectivity index is 2.76. The molecular weight excluding hydrogens is 269 g/mol. The summed E-state index contributed by atoms with van der Waals surface area (Å²) >= 11 is 11.2. The van der Waals surface area contributed by atoms with Gasteiger partial charge < -0.3 is 0 Å². The van der Waals surface area contributed by atoms with Crippen molar-refractivity contribution in [1.29, 1.82) is 0 Å². The van der Waals surface area contributed by atoms with E-state index in [-0.39, 0.29) is 17.7 Å². The van der Waals surface area contributed by atoms with Crippen LogP contribution >= 0.6 is 23.2 Å². The number of hydrogen-bond acceptors (Lipinski definition) is 2. The predicted molar refractivity (Wildman–Crippen MR) is 67.5 cm³/mol. The van der Waals surface area contributed by atoms with Crippen molar-refractivity contribution in [3.8, 4) is 0 Å². The molecule has 1 aromatic carbocycles. The molecule has 1 aromatic rings. The van der Waals surface area contributed by atoms with E-state index in [0.29, 0.717) is 5.02 Å². The fourth-order valence-electron chi connectivity index (χ4n) is 1.27. The first kappa shape index (κ1) is 13.8. The normalized spacial score (nSPS) is 13.7. The fourth-order valence-corrected chi connectivity index (χ4v) is 3.08. The first-order chi connectivity index (χ1) is 7.44. The van der Waals surface area contributed by atoms with Gasteiger partial charge in [0.2, 0.25) is 10.0 Å². The molecule has 0 aliphatic heterocycles. The van der Waals surface area contributed by atoms with Gasteiger partial charge in [0.1, 0.15) is 0 Å². The summed E-state index contributed by atoms with van der Waals surface area (Å²) in [6.07, 6.45) is 0. The molecule has 0 heterocycles. The highest BCUT2D eigenvalue weighted by Gasteiger charge is 2.15. The Labute approximate surface area is 106 Å². The maximum atomic E-state index is 11.5. The van der Waals surface area contributed by atoms with Crippen LogP contribution in [-0.4, -0.2) is 20.1 Å². The molecule has 0 aromatic heterocycles. The van der Waals surface area contributed by atoms with Gasteiger partial charge in [-0.25, -0.2) is 13.1 Å². The van der Waals surface area contributed by atoms with Crippen LogP contribution in [0.1, 0.15) is 18.5 Å². The number of benzene rings is 1. The first-order valence-corrected chi connectivity index (χ1v) is 7.32. The van der Waals surface area contributed by atoms with Crippen LogP contribution in [0.2, 0.25) is 5.02 Å². The molecular formula is C10H13Cl2NO2S. The van der Waals surface area contributed by atoms with E-state index in [9.17, 15) is 8.42 Å². The molecule has 0 fully saturated rings. The lowest BCUT2D eigenvalue weighted by molar-refractivity contribution is 0.568. The Morgan fingerprint density at radius 2 is 2.12 bits per heavy atom. The van der Waals surface area contributed by atoms with E-state index in [1.54, 1.807) is 25.1 Å². The van der Waals surface area contributed by atoms with Crippen LogP contribution in [0.3, 0.4) is 0 Å². The smallest absolute Gasteiger partial charge is 0.212 e. The van der Waals surface area contributed by atoms with Gasteiger partial charge in [-0.3, -0.25) is 0 Å². The average molecular weight is 282 g/mol. The summed E-state index contributed by atoms with van der Waals surface area (Å²) in [6.45, 7) is 1.76. The summed E-state index contributed by atoms with van der Waals surface area (Å²) in [6, 6.07) is 6.76. The molecule has 0 saturated heterocycles. The van der Waals surface area contributed by atoms with E-state index < -0.39 is 10.0 Å². The quantitative estimate of drug-likeness (QED) is 0.844. The van der Waals surface area contributed by atoms with Gasteiger partial charge in [0.25, 0.3) is 0 Å². The summed E-state index contributed by atoms with van der Waals surface area (Å²) in [7, 11) is -3.32. The summed E-state index contributed by atoms with van der Waals surface area (Å²) in [4.78, 5) is 0. The van der Waals surface area contributed by atoms with Gasteiger partial charge in [-0.05, 0) is 24.6 Å². The zero-order valence-electron chi connectivity index (χ0n) is 8.78. The van der Waals surface area contributed by atoms with Crippen molar-refractivity contribution in [3.05, 3.63) is 34.9 Å². The summed E-state index contributed by atoms with van der Waals surface area (Å²) in [5.74, 6) is -0.00292. The summed E-state index contributed by atoms with van der Waals surface area (Å²) in [5, 5.41) is 0.584. The van der Waals surface area contributed by atoms with Crippen molar-refractivity contribution >= 4 is 33.2 Å². The number of alkyl halides is 1. The molecule has 0 spiro atoms. The third-order valence-corrected chi connectivity index (χ3v) is 4.15. The molecule has 1 unspecified atom stereocenters. The van der Waals surface area contributed by atoms with Gasteiger partial charge in [-0.15, -0.1) is 11.6 Å². The van der Waals surface area contributed by atoms with Gasteiger partial charge in [-0.2, -0.15) is 0 Å². The van der Waals surface area contributed by atoms with Gasteiger partial charge in [-0.1, -0.05) is 23.7 Å². The first-order valence-electron chi connectivity index (χ1n) is 4.76. The van der Waals surface area contributed by atoms with Crippen molar-refractivity contribution in [3.63, 3.8) is 0 Å². The second kappa shape index (κ2) is 5.87. The van der Waals surface area contributed by atoms with Gasteiger partial charge >= 0.3 is 0 Å². The third kappa shape index (κ3) is 4.29.